The van der Waals surface area contributed by atoms with Gasteiger partial charge in [-0.05, 0) is 62.4 Å². The van der Waals surface area contributed by atoms with E-state index in [1.54, 1.807) is 0 Å². The van der Waals surface area contributed by atoms with E-state index in [0.29, 0.717) is 25.0 Å². The molecule has 1 aromatic carbocycles. The Hall–Kier alpha value is -3.37. The number of anilines is 1. The van der Waals surface area contributed by atoms with Crippen molar-refractivity contribution >= 4 is 17.1 Å². The Morgan fingerprint density at radius 3 is 2.50 bits per heavy atom. The van der Waals surface area contributed by atoms with Gasteiger partial charge < -0.3 is 14.7 Å². The summed E-state index contributed by atoms with van der Waals surface area (Å²) in [5, 5.41) is 13.6. The van der Waals surface area contributed by atoms with Crippen molar-refractivity contribution in [2.24, 2.45) is 11.8 Å². The number of nitrogens with zero attached hydrogens (tertiary/aromatic N) is 6. The molecule has 2 aliphatic heterocycles. The van der Waals surface area contributed by atoms with Crippen molar-refractivity contribution in [3.8, 4) is 17.2 Å². The normalized spacial score (nSPS) is 24.4. The molecule has 3 aromatic rings. The number of likely N-dealkylation sites (tertiary alicyclic amines) is 1. The lowest BCUT2D eigenvalue weighted by atomic mass is 9.96. The average Bonchev–Trinajstić information content (AvgIpc) is 3.30. The Morgan fingerprint density at radius 2 is 1.83 bits per heavy atom. The summed E-state index contributed by atoms with van der Waals surface area (Å²) in [4.78, 5) is 19.5. The Morgan fingerprint density at radius 1 is 1.06 bits per heavy atom. The van der Waals surface area contributed by atoms with Gasteiger partial charge in [0, 0.05) is 56.7 Å². The highest BCUT2D eigenvalue weighted by atomic mass is 16.2. The number of amides is 1. The van der Waals surface area contributed by atoms with Gasteiger partial charge in [0.2, 0.25) is 5.91 Å². The van der Waals surface area contributed by atoms with Gasteiger partial charge in [-0.25, -0.2) is 4.52 Å². The fraction of sp³-hybridized carbons (Fsp3) is 0.483. The molecule has 7 nitrogen and oxygen atoms in total. The topological polar surface area (TPSA) is 67.9 Å². The van der Waals surface area contributed by atoms with Crippen LogP contribution in [0.1, 0.15) is 38.2 Å². The summed E-state index contributed by atoms with van der Waals surface area (Å²) in [6.07, 6.45) is 5.93. The second-order valence-electron chi connectivity index (χ2n) is 10.9. The molecule has 1 amide bonds. The van der Waals surface area contributed by atoms with Gasteiger partial charge in [0.05, 0.1) is 29.1 Å². The van der Waals surface area contributed by atoms with Gasteiger partial charge in [0.15, 0.2) is 0 Å². The third-order valence-electron chi connectivity index (χ3n) is 8.36. The van der Waals surface area contributed by atoms with E-state index in [1.807, 2.05) is 15.6 Å². The molecule has 3 fully saturated rings. The lowest BCUT2D eigenvalue weighted by molar-refractivity contribution is -0.133. The largest absolute Gasteiger partial charge is 0.366 e. The smallest absolute Gasteiger partial charge is 0.227 e. The van der Waals surface area contributed by atoms with Gasteiger partial charge in [-0.3, -0.25) is 4.79 Å². The molecule has 0 radical (unpaired) electrons. The third kappa shape index (κ3) is 4.24. The van der Waals surface area contributed by atoms with Crippen molar-refractivity contribution in [3.05, 3.63) is 54.4 Å². The van der Waals surface area contributed by atoms with E-state index < -0.39 is 0 Å². The summed E-state index contributed by atoms with van der Waals surface area (Å²) < 4.78 is 1.97. The van der Waals surface area contributed by atoms with E-state index in [4.69, 9.17) is 5.26 Å². The van der Waals surface area contributed by atoms with Crippen LogP contribution >= 0.6 is 0 Å². The number of carbonyl (C=O) groups is 1. The second-order valence-corrected chi connectivity index (χ2v) is 10.9. The summed E-state index contributed by atoms with van der Waals surface area (Å²) in [6.45, 7) is 9.89. The fourth-order valence-corrected chi connectivity index (χ4v) is 5.91. The summed E-state index contributed by atoms with van der Waals surface area (Å²) in [5.74, 6) is 0.635. The molecule has 7 heteroatoms. The molecular weight excluding hydrogens is 448 g/mol. The second kappa shape index (κ2) is 9.25. The van der Waals surface area contributed by atoms with E-state index >= 15 is 0 Å². The van der Waals surface area contributed by atoms with Crippen LogP contribution in [-0.2, 0) is 4.79 Å². The Labute approximate surface area is 212 Å². The summed E-state index contributed by atoms with van der Waals surface area (Å²) in [6, 6.07) is 16.2. The first-order chi connectivity index (χ1) is 17.5. The van der Waals surface area contributed by atoms with Crippen LogP contribution in [0, 0.1) is 23.2 Å². The predicted octanol–water partition coefficient (Wildman–Crippen LogP) is 4.01. The zero-order valence-corrected chi connectivity index (χ0v) is 21.2. The molecule has 0 bridgehead atoms. The number of nitriles is 1. The number of piperazine rings is 1. The van der Waals surface area contributed by atoms with Gasteiger partial charge in [0.25, 0.3) is 0 Å². The molecular formula is C29H34N6O. The molecule has 2 aromatic heterocycles. The van der Waals surface area contributed by atoms with Crippen molar-refractivity contribution in [2.75, 3.05) is 44.2 Å². The van der Waals surface area contributed by atoms with Crippen LogP contribution < -0.4 is 4.90 Å². The monoisotopic (exact) mass is 482 g/mol. The van der Waals surface area contributed by atoms with Crippen LogP contribution in [0.25, 0.3) is 16.6 Å². The third-order valence-corrected chi connectivity index (χ3v) is 8.36. The average molecular weight is 483 g/mol. The number of hydrogen-bond acceptors (Lipinski definition) is 5. The SMILES string of the molecule is CC(C)N1CC[C@H](c2ccc(-c3cc4c(N5CCN(C(=O)C6C[C@@H]6C#N)CC5)ccnn4c3)cc2)C1. The highest BCUT2D eigenvalue weighted by Crippen LogP contribution is 2.39. The first-order valence-electron chi connectivity index (χ1n) is 13.3. The highest BCUT2D eigenvalue weighted by Gasteiger charge is 2.45. The molecule has 0 N–H and O–H groups in total. The zero-order chi connectivity index (χ0) is 24.8. The highest BCUT2D eigenvalue weighted by molar-refractivity contribution is 5.83. The van der Waals surface area contributed by atoms with Gasteiger partial charge in [-0.15, -0.1) is 0 Å². The van der Waals surface area contributed by atoms with E-state index in [9.17, 15) is 4.79 Å². The summed E-state index contributed by atoms with van der Waals surface area (Å²) in [5.41, 5.74) is 6.05. The van der Waals surface area contributed by atoms with Gasteiger partial charge in [-0.2, -0.15) is 10.4 Å². The van der Waals surface area contributed by atoms with E-state index in [1.165, 1.54) is 29.7 Å². The van der Waals surface area contributed by atoms with E-state index in [-0.39, 0.29) is 17.7 Å². The molecule has 1 saturated carbocycles. The Balaban J connectivity index is 1.16. The van der Waals surface area contributed by atoms with E-state index in [2.05, 4.69) is 77.4 Å². The molecule has 6 rings (SSSR count). The molecule has 2 saturated heterocycles. The number of benzene rings is 1. The van der Waals surface area contributed by atoms with Crippen molar-refractivity contribution in [1.29, 1.82) is 5.26 Å². The molecule has 0 spiro atoms. The van der Waals surface area contributed by atoms with Crippen molar-refractivity contribution < 1.29 is 4.79 Å². The first-order valence-corrected chi connectivity index (χ1v) is 13.3. The van der Waals surface area contributed by atoms with Crippen LogP contribution in [0.5, 0.6) is 0 Å². The van der Waals surface area contributed by atoms with Crippen LogP contribution in [-0.4, -0.2) is 70.6 Å². The van der Waals surface area contributed by atoms with Crippen LogP contribution in [0.2, 0.25) is 0 Å². The maximum absolute atomic E-state index is 12.6. The van der Waals surface area contributed by atoms with Crippen molar-refractivity contribution in [3.63, 3.8) is 0 Å². The fourth-order valence-electron chi connectivity index (χ4n) is 5.91. The number of hydrogen-bond donors (Lipinski definition) is 0. The minimum absolute atomic E-state index is 0.0726. The summed E-state index contributed by atoms with van der Waals surface area (Å²) in [7, 11) is 0. The maximum atomic E-state index is 12.6. The zero-order valence-electron chi connectivity index (χ0n) is 21.2. The number of fused-ring (bicyclic) bond motifs is 1. The quantitative estimate of drug-likeness (QED) is 0.550. The Kier molecular flexibility index (Phi) is 5.93. The Bertz CT molecular complexity index is 1300. The van der Waals surface area contributed by atoms with Crippen molar-refractivity contribution in [1.82, 2.24) is 19.4 Å². The molecule has 1 aliphatic carbocycles. The molecule has 1 unspecified atom stereocenters. The lowest BCUT2D eigenvalue weighted by Gasteiger charge is -2.36. The molecule has 3 atom stereocenters. The van der Waals surface area contributed by atoms with Gasteiger partial charge >= 0.3 is 0 Å². The van der Waals surface area contributed by atoms with Crippen LogP contribution in [0.4, 0.5) is 5.69 Å². The van der Waals surface area contributed by atoms with Crippen molar-refractivity contribution in [2.45, 2.75) is 38.6 Å². The minimum Gasteiger partial charge on any atom is -0.366 e. The summed E-state index contributed by atoms with van der Waals surface area (Å²) >= 11 is 0. The van der Waals surface area contributed by atoms with Crippen LogP contribution in [0.15, 0.2) is 48.8 Å². The molecule has 4 heterocycles. The molecule has 186 valence electrons. The number of aromatic nitrogens is 2. The van der Waals surface area contributed by atoms with Gasteiger partial charge in [-0.1, -0.05) is 24.3 Å². The minimum atomic E-state index is -0.0727. The van der Waals surface area contributed by atoms with Crippen LogP contribution in [0.3, 0.4) is 0 Å². The molecule has 3 aliphatic rings. The van der Waals surface area contributed by atoms with E-state index in [0.717, 1.165) is 37.3 Å². The predicted molar refractivity (Wildman–Crippen MR) is 141 cm³/mol. The van der Waals surface area contributed by atoms with Gasteiger partial charge in [0.1, 0.15) is 0 Å². The molecule has 36 heavy (non-hydrogen) atoms. The lowest BCUT2D eigenvalue weighted by Crippen LogP contribution is -2.49. The first kappa shape index (κ1) is 23.1. The maximum Gasteiger partial charge on any atom is 0.227 e. The standard InChI is InChI=1S/C29H34N6O/c1-20(2)34-10-8-23(18-34)21-3-5-22(6-4-21)25-16-28-27(7-9-31-35(28)19-25)32-11-13-33(14-12-32)29(36)26-15-24(26)17-30/h3-7,9,16,19-20,23-24,26H,8,10-15,18H2,1-2H3/t23-,24+,26?/m0/s1. The number of carbonyl (C=O) groups excluding carboxylic acids is 1. The number of rotatable bonds is 5.